The molecule has 1 aromatic heterocycles. The summed E-state index contributed by atoms with van der Waals surface area (Å²) in [4.78, 5) is 26.6. The lowest BCUT2D eigenvalue weighted by Crippen LogP contribution is -2.33. The molecule has 6 heteroatoms. The number of benzene rings is 1. The maximum atomic E-state index is 12.4. The number of carbonyl (C=O) groups is 2. The van der Waals surface area contributed by atoms with Crippen molar-refractivity contribution in [3.63, 3.8) is 0 Å². The van der Waals surface area contributed by atoms with Gasteiger partial charge in [0.2, 0.25) is 11.8 Å². The van der Waals surface area contributed by atoms with Gasteiger partial charge in [-0.2, -0.15) is 5.10 Å². The number of nitrogens with zero attached hydrogens (tertiary/aromatic N) is 3. The predicted molar refractivity (Wildman–Crippen MR) is 98.8 cm³/mol. The van der Waals surface area contributed by atoms with Crippen LogP contribution in [0.3, 0.4) is 0 Å². The second kappa shape index (κ2) is 7.32. The van der Waals surface area contributed by atoms with Gasteiger partial charge in [-0.05, 0) is 55.0 Å². The summed E-state index contributed by atoms with van der Waals surface area (Å²) in [5.41, 5.74) is 3.68. The number of amides is 2. The molecule has 0 radical (unpaired) electrons. The molecule has 1 N–H and O–H groups in total. The summed E-state index contributed by atoms with van der Waals surface area (Å²) in [5.74, 6) is -0.248. The summed E-state index contributed by atoms with van der Waals surface area (Å²) < 4.78 is 1.85. The Bertz CT molecular complexity index is 800. The minimum Gasteiger partial charge on any atom is -0.356 e. The molecule has 2 aromatic rings. The lowest BCUT2D eigenvalue weighted by molar-refractivity contribution is -0.126. The lowest BCUT2D eigenvalue weighted by Gasteiger charge is -2.18. The Morgan fingerprint density at radius 1 is 1.27 bits per heavy atom. The fourth-order valence-electron chi connectivity index (χ4n) is 3.89. The van der Waals surface area contributed by atoms with Crippen molar-refractivity contribution in [3.05, 3.63) is 47.8 Å². The fraction of sp³-hybridized carbons (Fsp3) is 0.450. The molecule has 1 saturated heterocycles. The molecular weight excluding hydrogens is 328 g/mol. The van der Waals surface area contributed by atoms with Gasteiger partial charge in [0.15, 0.2) is 0 Å². The highest BCUT2D eigenvalue weighted by Crippen LogP contribution is 2.30. The molecule has 6 nitrogen and oxygen atoms in total. The van der Waals surface area contributed by atoms with Crippen LogP contribution >= 0.6 is 0 Å². The highest BCUT2D eigenvalue weighted by molar-refractivity contribution is 6.00. The topological polar surface area (TPSA) is 67.2 Å². The third-order valence-corrected chi connectivity index (χ3v) is 5.31. The van der Waals surface area contributed by atoms with Gasteiger partial charge in [-0.25, -0.2) is 0 Å². The van der Waals surface area contributed by atoms with Crippen molar-refractivity contribution in [1.29, 1.82) is 0 Å². The highest BCUT2D eigenvalue weighted by Gasteiger charge is 2.35. The molecule has 1 aliphatic heterocycles. The summed E-state index contributed by atoms with van der Waals surface area (Å²) in [6.45, 7) is 1.85. The minimum absolute atomic E-state index is 0.0255. The first-order valence-corrected chi connectivity index (χ1v) is 9.38. The van der Waals surface area contributed by atoms with E-state index in [0.717, 1.165) is 31.5 Å². The third-order valence-electron chi connectivity index (χ3n) is 5.31. The third kappa shape index (κ3) is 3.49. The summed E-state index contributed by atoms with van der Waals surface area (Å²) in [6, 6.07) is 8.17. The molecule has 1 atom stereocenters. The SMILES string of the molecule is O=C(NCCCn1cccn1)C1CC(=O)N(c2ccc3c(c2)CCC3)C1. The van der Waals surface area contributed by atoms with E-state index in [9.17, 15) is 9.59 Å². The molecule has 0 saturated carbocycles. The first-order valence-electron chi connectivity index (χ1n) is 9.38. The molecule has 1 aliphatic carbocycles. The van der Waals surface area contributed by atoms with Crippen molar-refractivity contribution in [3.8, 4) is 0 Å². The highest BCUT2D eigenvalue weighted by atomic mass is 16.2. The number of anilines is 1. The van der Waals surface area contributed by atoms with Crippen molar-refractivity contribution in [2.75, 3.05) is 18.0 Å². The summed E-state index contributed by atoms with van der Waals surface area (Å²) in [7, 11) is 0. The van der Waals surface area contributed by atoms with E-state index in [1.54, 1.807) is 11.1 Å². The Hall–Kier alpha value is -2.63. The van der Waals surface area contributed by atoms with Gasteiger partial charge < -0.3 is 10.2 Å². The second-order valence-corrected chi connectivity index (χ2v) is 7.13. The monoisotopic (exact) mass is 352 g/mol. The quantitative estimate of drug-likeness (QED) is 0.808. The van der Waals surface area contributed by atoms with Gasteiger partial charge in [0.1, 0.15) is 0 Å². The van der Waals surface area contributed by atoms with Gasteiger partial charge in [-0.3, -0.25) is 14.3 Å². The Morgan fingerprint density at radius 2 is 2.15 bits per heavy atom. The van der Waals surface area contributed by atoms with Crippen LogP contribution in [0.15, 0.2) is 36.7 Å². The number of nitrogens with one attached hydrogen (secondary N) is 1. The zero-order chi connectivity index (χ0) is 17.9. The standard InChI is InChI=1S/C20H24N4O2/c25-19-13-17(20(26)21-8-2-10-23-11-3-9-22-23)14-24(19)18-7-6-15-4-1-5-16(15)12-18/h3,6-7,9,11-12,17H,1-2,4-5,8,10,13-14H2,(H,21,26). The van der Waals surface area contributed by atoms with E-state index in [1.807, 2.05) is 23.0 Å². The summed E-state index contributed by atoms with van der Waals surface area (Å²) in [6.07, 6.45) is 8.18. The average Bonchev–Trinajstić information content (AvgIpc) is 3.38. The minimum atomic E-state index is -0.263. The van der Waals surface area contributed by atoms with E-state index in [0.29, 0.717) is 19.5 Å². The fourth-order valence-corrected chi connectivity index (χ4v) is 3.89. The maximum Gasteiger partial charge on any atom is 0.227 e. The number of hydrogen-bond donors (Lipinski definition) is 1. The van der Waals surface area contributed by atoms with Crippen LogP contribution < -0.4 is 10.2 Å². The summed E-state index contributed by atoms with van der Waals surface area (Å²) in [5, 5.41) is 7.10. The average molecular weight is 352 g/mol. The van der Waals surface area contributed by atoms with Gasteiger partial charge in [-0.1, -0.05) is 6.07 Å². The number of aryl methyl sites for hydroxylation is 3. The second-order valence-electron chi connectivity index (χ2n) is 7.13. The van der Waals surface area contributed by atoms with Crippen molar-refractivity contribution < 1.29 is 9.59 Å². The van der Waals surface area contributed by atoms with Crippen LogP contribution in [0, 0.1) is 5.92 Å². The van der Waals surface area contributed by atoms with Crippen molar-refractivity contribution >= 4 is 17.5 Å². The molecular formula is C20H24N4O2. The molecule has 2 amide bonds. The van der Waals surface area contributed by atoms with Gasteiger partial charge in [0.05, 0.1) is 5.92 Å². The smallest absolute Gasteiger partial charge is 0.227 e. The van der Waals surface area contributed by atoms with Crippen LogP contribution in [-0.2, 0) is 29.0 Å². The first kappa shape index (κ1) is 16.8. The van der Waals surface area contributed by atoms with Crippen LogP contribution in [-0.4, -0.2) is 34.7 Å². The largest absolute Gasteiger partial charge is 0.356 e. The van der Waals surface area contributed by atoms with E-state index < -0.39 is 0 Å². The van der Waals surface area contributed by atoms with Gasteiger partial charge in [0, 0.05) is 44.1 Å². The van der Waals surface area contributed by atoms with Crippen LogP contribution in [0.1, 0.15) is 30.4 Å². The molecule has 26 heavy (non-hydrogen) atoms. The molecule has 136 valence electrons. The number of hydrogen-bond acceptors (Lipinski definition) is 3. The van der Waals surface area contributed by atoms with Crippen LogP contribution in [0.25, 0.3) is 0 Å². The van der Waals surface area contributed by atoms with E-state index in [-0.39, 0.29) is 17.7 Å². The number of rotatable bonds is 6. The lowest BCUT2D eigenvalue weighted by atomic mass is 10.1. The Labute approximate surface area is 153 Å². The van der Waals surface area contributed by atoms with Gasteiger partial charge >= 0.3 is 0 Å². The van der Waals surface area contributed by atoms with E-state index in [4.69, 9.17) is 0 Å². The Morgan fingerprint density at radius 3 is 3.00 bits per heavy atom. The predicted octanol–water partition coefficient (Wildman–Crippen LogP) is 1.93. The molecule has 0 spiro atoms. The normalized spacial score (nSPS) is 19.0. The molecule has 4 rings (SSSR count). The van der Waals surface area contributed by atoms with Gasteiger partial charge in [-0.15, -0.1) is 0 Å². The molecule has 2 aliphatic rings. The maximum absolute atomic E-state index is 12.4. The van der Waals surface area contributed by atoms with E-state index in [1.165, 1.54) is 17.5 Å². The van der Waals surface area contributed by atoms with E-state index in [2.05, 4.69) is 22.5 Å². The number of aromatic nitrogens is 2. The molecule has 2 heterocycles. The number of fused-ring (bicyclic) bond motifs is 1. The van der Waals surface area contributed by atoms with Crippen molar-refractivity contribution in [2.24, 2.45) is 5.92 Å². The first-order chi connectivity index (χ1) is 12.7. The van der Waals surface area contributed by atoms with Crippen molar-refractivity contribution in [1.82, 2.24) is 15.1 Å². The Kier molecular flexibility index (Phi) is 4.73. The molecule has 1 fully saturated rings. The van der Waals surface area contributed by atoms with Crippen LogP contribution in [0.4, 0.5) is 5.69 Å². The van der Waals surface area contributed by atoms with Gasteiger partial charge in [0.25, 0.3) is 0 Å². The zero-order valence-corrected chi connectivity index (χ0v) is 14.9. The Balaban J connectivity index is 1.30. The van der Waals surface area contributed by atoms with Crippen molar-refractivity contribution in [2.45, 2.75) is 38.6 Å². The molecule has 1 unspecified atom stereocenters. The molecule has 0 bridgehead atoms. The summed E-state index contributed by atoms with van der Waals surface area (Å²) >= 11 is 0. The van der Waals surface area contributed by atoms with Crippen LogP contribution in [0.2, 0.25) is 0 Å². The number of carbonyl (C=O) groups excluding carboxylic acids is 2. The van der Waals surface area contributed by atoms with E-state index >= 15 is 0 Å². The zero-order valence-electron chi connectivity index (χ0n) is 14.9. The van der Waals surface area contributed by atoms with Crippen LogP contribution in [0.5, 0.6) is 0 Å². The molecule has 1 aromatic carbocycles.